The van der Waals surface area contributed by atoms with Crippen LogP contribution < -0.4 is 5.73 Å². The lowest BCUT2D eigenvalue weighted by Gasteiger charge is -2.26. The summed E-state index contributed by atoms with van der Waals surface area (Å²) in [5, 5.41) is 1.23. The van der Waals surface area contributed by atoms with Crippen LogP contribution in [0.1, 0.15) is 60.4 Å². The number of hydrogen-bond acceptors (Lipinski definition) is 2. The number of hydrogen-bond donors (Lipinski definition) is 1. The maximum absolute atomic E-state index is 6.13. The summed E-state index contributed by atoms with van der Waals surface area (Å²) < 4.78 is 0. The fourth-order valence-corrected chi connectivity index (χ4v) is 5.27. The SMILES string of the molecule is NC1CCC(c2ccc3c(c2)CCC(CCc2ccc4ccccc4n2)C3)C1. The summed E-state index contributed by atoms with van der Waals surface area (Å²) in [6.45, 7) is 0. The van der Waals surface area contributed by atoms with E-state index in [1.807, 2.05) is 0 Å². The van der Waals surface area contributed by atoms with Crippen LogP contribution in [-0.4, -0.2) is 11.0 Å². The molecule has 1 saturated carbocycles. The molecule has 144 valence electrons. The van der Waals surface area contributed by atoms with Crippen LogP contribution in [0.3, 0.4) is 0 Å². The van der Waals surface area contributed by atoms with Crippen molar-refractivity contribution in [3.8, 4) is 0 Å². The number of benzene rings is 2. The van der Waals surface area contributed by atoms with Gasteiger partial charge >= 0.3 is 0 Å². The predicted molar refractivity (Wildman–Crippen MR) is 117 cm³/mol. The molecule has 3 atom stereocenters. The molecule has 2 aromatic carbocycles. The van der Waals surface area contributed by atoms with Gasteiger partial charge in [-0.15, -0.1) is 0 Å². The quantitative estimate of drug-likeness (QED) is 0.652. The highest BCUT2D eigenvalue weighted by Gasteiger charge is 2.25. The average Bonchev–Trinajstić information content (AvgIpc) is 3.18. The van der Waals surface area contributed by atoms with Crippen LogP contribution in [0.4, 0.5) is 0 Å². The normalized spacial score (nSPS) is 24.4. The van der Waals surface area contributed by atoms with Gasteiger partial charge in [0.2, 0.25) is 0 Å². The van der Waals surface area contributed by atoms with Crippen LogP contribution in [0.15, 0.2) is 54.6 Å². The lowest BCUT2D eigenvalue weighted by molar-refractivity contribution is 0.425. The van der Waals surface area contributed by atoms with E-state index >= 15 is 0 Å². The van der Waals surface area contributed by atoms with E-state index in [1.54, 1.807) is 11.1 Å². The van der Waals surface area contributed by atoms with E-state index in [-0.39, 0.29) is 0 Å². The Kier molecular flexibility index (Phi) is 4.90. The van der Waals surface area contributed by atoms with Crippen molar-refractivity contribution in [2.75, 3.05) is 0 Å². The Morgan fingerprint density at radius 1 is 0.929 bits per heavy atom. The molecule has 0 spiro atoms. The first kappa shape index (κ1) is 17.9. The van der Waals surface area contributed by atoms with Crippen LogP contribution >= 0.6 is 0 Å². The van der Waals surface area contributed by atoms with Gasteiger partial charge in [-0.3, -0.25) is 4.98 Å². The summed E-state index contributed by atoms with van der Waals surface area (Å²) in [7, 11) is 0. The van der Waals surface area contributed by atoms with E-state index in [2.05, 4.69) is 54.6 Å². The fraction of sp³-hybridized carbons (Fsp3) is 0.423. The highest BCUT2D eigenvalue weighted by Crippen LogP contribution is 2.36. The Hall–Kier alpha value is -2.19. The zero-order valence-corrected chi connectivity index (χ0v) is 16.6. The van der Waals surface area contributed by atoms with Gasteiger partial charge < -0.3 is 5.73 Å². The third kappa shape index (κ3) is 3.71. The van der Waals surface area contributed by atoms with E-state index in [1.165, 1.54) is 61.6 Å². The molecule has 2 aliphatic rings. The summed E-state index contributed by atoms with van der Waals surface area (Å²) in [4.78, 5) is 4.86. The van der Waals surface area contributed by atoms with Crippen LogP contribution in [0.25, 0.3) is 10.9 Å². The summed E-state index contributed by atoms with van der Waals surface area (Å²) in [6, 6.07) is 20.5. The van der Waals surface area contributed by atoms with Crippen LogP contribution in [0, 0.1) is 5.92 Å². The van der Waals surface area contributed by atoms with Crippen molar-refractivity contribution in [1.29, 1.82) is 0 Å². The highest BCUT2D eigenvalue weighted by molar-refractivity contribution is 5.78. The number of fused-ring (bicyclic) bond motifs is 2. The Morgan fingerprint density at radius 3 is 2.75 bits per heavy atom. The predicted octanol–water partition coefficient (Wildman–Crippen LogP) is 5.57. The van der Waals surface area contributed by atoms with Gasteiger partial charge in [-0.1, -0.05) is 42.5 Å². The van der Waals surface area contributed by atoms with Crippen LogP contribution in [0.2, 0.25) is 0 Å². The second-order valence-electron chi connectivity index (χ2n) is 8.94. The second-order valence-corrected chi connectivity index (χ2v) is 8.94. The molecule has 2 heteroatoms. The van der Waals surface area contributed by atoms with Gasteiger partial charge in [0.1, 0.15) is 0 Å². The Bertz CT molecular complexity index is 977. The van der Waals surface area contributed by atoms with Crippen molar-refractivity contribution >= 4 is 10.9 Å². The summed E-state index contributed by atoms with van der Waals surface area (Å²) in [5.41, 5.74) is 13.2. The third-order valence-corrected chi connectivity index (χ3v) is 6.97. The molecule has 2 nitrogen and oxygen atoms in total. The molecule has 3 aromatic rings. The summed E-state index contributed by atoms with van der Waals surface area (Å²) in [5.74, 6) is 1.48. The van der Waals surface area contributed by atoms with Crippen LogP contribution in [0.5, 0.6) is 0 Å². The monoisotopic (exact) mass is 370 g/mol. The number of aryl methyl sites for hydroxylation is 2. The minimum Gasteiger partial charge on any atom is -0.328 e. The summed E-state index contributed by atoms with van der Waals surface area (Å²) >= 11 is 0. The van der Waals surface area contributed by atoms with Gasteiger partial charge in [0, 0.05) is 17.1 Å². The van der Waals surface area contributed by atoms with Gasteiger partial charge in [-0.25, -0.2) is 0 Å². The first-order valence-corrected chi connectivity index (χ1v) is 11.0. The fourth-order valence-electron chi connectivity index (χ4n) is 5.27. The highest BCUT2D eigenvalue weighted by atomic mass is 14.7. The molecule has 1 heterocycles. The third-order valence-electron chi connectivity index (χ3n) is 6.97. The van der Waals surface area contributed by atoms with Gasteiger partial charge in [0.05, 0.1) is 5.52 Å². The topological polar surface area (TPSA) is 38.9 Å². The minimum absolute atomic E-state index is 0.411. The van der Waals surface area contributed by atoms with Crippen molar-refractivity contribution in [3.05, 3.63) is 77.0 Å². The maximum atomic E-state index is 6.13. The van der Waals surface area contributed by atoms with Crippen molar-refractivity contribution in [2.24, 2.45) is 11.7 Å². The number of rotatable bonds is 4. The minimum atomic E-state index is 0.411. The van der Waals surface area contributed by atoms with Crippen LogP contribution in [-0.2, 0) is 19.3 Å². The van der Waals surface area contributed by atoms with E-state index < -0.39 is 0 Å². The summed E-state index contributed by atoms with van der Waals surface area (Å²) in [6.07, 6.45) is 9.72. The van der Waals surface area contributed by atoms with E-state index in [0.29, 0.717) is 12.0 Å². The van der Waals surface area contributed by atoms with Crippen molar-refractivity contribution in [2.45, 2.75) is 63.3 Å². The molecule has 28 heavy (non-hydrogen) atoms. The average molecular weight is 371 g/mol. The molecule has 0 saturated heterocycles. The molecule has 2 N–H and O–H groups in total. The molecule has 0 aliphatic heterocycles. The largest absolute Gasteiger partial charge is 0.328 e. The first-order valence-electron chi connectivity index (χ1n) is 11.0. The molecule has 0 amide bonds. The van der Waals surface area contributed by atoms with Gasteiger partial charge in [-0.2, -0.15) is 0 Å². The van der Waals surface area contributed by atoms with Crippen molar-refractivity contribution in [3.63, 3.8) is 0 Å². The lowest BCUT2D eigenvalue weighted by atomic mass is 9.80. The molecular formula is C26H30N2. The lowest BCUT2D eigenvalue weighted by Crippen LogP contribution is -2.16. The van der Waals surface area contributed by atoms with Crippen molar-refractivity contribution < 1.29 is 0 Å². The molecule has 5 rings (SSSR count). The van der Waals surface area contributed by atoms with Gasteiger partial charge in [0.25, 0.3) is 0 Å². The zero-order chi connectivity index (χ0) is 18.9. The maximum Gasteiger partial charge on any atom is 0.0705 e. The first-order chi connectivity index (χ1) is 13.7. The second kappa shape index (κ2) is 7.67. The number of aromatic nitrogens is 1. The van der Waals surface area contributed by atoms with Gasteiger partial charge in [0.15, 0.2) is 0 Å². The molecule has 1 fully saturated rings. The number of pyridine rings is 1. The van der Waals surface area contributed by atoms with E-state index in [4.69, 9.17) is 10.7 Å². The Labute approximate surface area is 168 Å². The molecule has 3 unspecified atom stereocenters. The molecule has 1 aromatic heterocycles. The Balaban J connectivity index is 1.23. The Morgan fingerprint density at radius 2 is 1.86 bits per heavy atom. The van der Waals surface area contributed by atoms with Crippen molar-refractivity contribution in [1.82, 2.24) is 4.98 Å². The van der Waals surface area contributed by atoms with E-state index in [9.17, 15) is 0 Å². The smallest absolute Gasteiger partial charge is 0.0705 e. The zero-order valence-electron chi connectivity index (χ0n) is 16.6. The number of nitrogens with zero attached hydrogens (tertiary/aromatic N) is 1. The standard InChI is InChI=1S/C26H30N2/c27-24-12-10-23(17-24)22-9-8-20-15-18(5-7-21(20)16-22)6-13-25-14-11-19-3-1-2-4-26(19)28-25/h1-4,8-9,11,14,16,18,23-24H,5-7,10,12-13,15,17,27H2. The number of para-hydroxylation sites is 1. The van der Waals surface area contributed by atoms with E-state index in [0.717, 1.165) is 17.9 Å². The molecular weight excluding hydrogens is 340 g/mol. The molecule has 0 bridgehead atoms. The molecule has 0 radical (unpaired) electrons. The van der Waals surface area contributed by atoms with Gasteiger partial charge in [-0.05, 0) is 92.0 Å². The number of nitrogens with two attached hydrogens (primary N) is 1. The molecule has 2 aliphatic carbocycles.